The predicted octanol–water partition coefficient (Wildman–Crippen LogP) is -0.0360. The highest BCUT2D eigenvalue weighted by atomic mass is 16.4. The van der Waals surface area contributed by atoms with E-state index in [9.17, 15) is 9.59 Å². The Balaban J connectivity index is 2.81. The van der Waals surface area contributed by atoms with E-state index in [0.29, 0.717) is 0 Å². The molecule has 5 nitrogen and oxygen atoms in total. The van der Waals surface area contributed by atoms with E-state index < -0.39 is 11.9 Å². The third-order valence-electron chi connectivity index (χ3n) is 1.68. The summed E-state index contributed by atoms with van der Waals surface area (Å²) >= 11 is 0. The van der Waals surface area contributed by atoms with Crippen molar-refractivity contribution in [2.24, 2.45) is 5.92 Å². The molecule has 0 bridgehead atoms. The lowest BCUT2D eigenvalue weighted by molar-refractivity contribution is -0.141. The molecule has 1 aromatic heterocycles. The lowest BCUT2D eigenvalue weighted by Gasteiger charge is -2.07. The maximum atomic E-state index is 11.1. The zero-order chi connectivity index (χ0) is 9.84. The fourth-order valence-electron chi connectivity index (χ4n) is 0.889. The van der Waals surface area contributed by atoms with Crippen LogP contribution in [0.1, 0.15) is 6.92 Å². The van der Waals surface area contributed by atoms with Gasteiger partial charge < -0.3 is 5.11 Å². The summed E-state index contributed by atoms with van der Waals surface area (Å²) in [7, 11) is 0. The third kappa shape index (κ3) is 2.40. The van der Waals surface area contributed by atoms with Crippen LogP contribution in [0.15, 0.2) is 23.4 Å². The van der Waals surface area contributed by atoms with Gasteiger partial charge >= 0.3 is 5.97 Å². The van der Waals surface area contributed by atoms with Crippen LogP contribution in [0.2, 0.25) is 0 Å². The first-order valence-corrected chi connectivity index (χ1v) is 3.84. The van der Waals surface area contributed by atoms with Crippen molar-refractivity contribution in [1.82, 2.24) is 9.55 Å². The van der Waals surface area contributed by atoms with E-state index in [-0.39, 0.29) is 12.1 Å². The van der Waals surface area contributed by atoms with Gasteiger partial charge in [0.25, 0.3) is 5.56 Å². The molecule has 0 radical (unpaired) electrons. The van der Waals surface area contributed by atoms with E-state index in [4.69, 9.17) is 5.11 Å². The monoisotopic (exact) mass is 182 g/mol. The van der Waals surface area contributed by atoms with Gasteiger partial charge in [-0.2, -0.15) is 0 Å². The molecule has 1 aromatic rings. The van der Waals surface area contributed by atoms with Crippen LogP contribution in [-0.4, -0.2) is 20.6 Å². The lowest BCUT2D eigenvalue weighted by Crippen LogP contribution is -2.25. The summed E-state index contributed by atoms with van der Waals surface area (Å²) < 4.78 is 1.28. The molecular weight excluding hydrogens is 172 g/mol. The first-order valence-electron chi connectivity index (χ1n) is 3.84. The number of aliphatic carboxylic acids is 1. The normalized spacial score (nSPS) is 12.4. The summed E-state index contributed by atoms with van der Waals surface area (Å²) in [5, 5.41) is 8.60. The van der Waals surface area contributed by atoms with Gasteiger partial charge in [0.2, 0.25) is 0 Å². The van der Waals surface area contributed by atoms with Crippen LogP contribution in [0, 0.1) is 5.92 Å². The molecule has 0 aliphatic rings. The fourth-order valence-corrected chi connectivity index (χ4v) is 0.889. The highest BCUT2D eigenvalue weighted by Gasteiger charge is 2.11. The first-order chi connectivity index (χ1) is 6.11. The van der Waals surface area contributed by atoms with Crippen molar-refractivity contribution in [3.8, 4) is 0 Å². The number of nitrogens with zero attached hydrogens (tertiary/aromatic N) is 2. The Morgan fingerprint density at radius 2 is 2.46 bits per heavy atom. The Morgan fingerprint density at radius 3 is 3.00 bits per heavy atom. The molecule has 0 saturated carbocycles. The Labute approximate surface area is 74.7 Å². The van der Waals surface area contributed by atoms with E-state index in [1.54, 1.807) is 6.92 Å². The van der Waals surface area contributed by atoms with Crippen LogP contribution in [0.25, 0.3) is 0 Å². The molecular formula is C8H10N2O3. The largest absolute Gasteiger partial charge is 0.481 e. The average molecular weight is 182 g/mol. The van der Waals surface area contributed by atoms with E-state index in [1.165, 1.54) is 23.2 Å². The summed E-state index contributed by atoms with van der Waals surface area (Å²) in [6.45, 7) is 1.70. The van der Waals surface area contributed by atoms with Crippen molar-refractivity contribution < 1.29 is 9.90 Å². The van der Waals surface area contributed by atoms with Crippen LogP contribution in [0.4, 0.5) is 0 Å². The van der Waals surface area contributed by atoms with Crippen LogP contribution in [0.5, 0.6) is 0 Å². The molecule has 0 spiro atoms. The van der Waals surface area contributed by atoms with Crippen molar-refractivity contribution in [2.45, 2.75) is 13.5 Å². The molecule has 1 heterocycles. The van der Waals surface area contributed by atoms with E-state index in [2.05, 4.69) is 4.98 Å². The standard InChI is InChI=1S/C8H10N2O3/c1-6(8(12)13)4-10-5-9-3-2-7(10)11/h2-3,5-6H,4H2,1H3,(H,12,13). The second-order valence-electron chi connectivity index (χ2n) is 2.81. The van der Waals surface area contributed by atoms with Gasteiger partial charge in [0.15, 0.2) is 0 Å². The van der Waals surface area contributed by atoms with Gasteiger partial charge in [-0.25, -0.2) is 4.98 Å². The maximum absolute atomic E-state index is 11.1. The first kappa shape index (κ1) is 9.44. The smallest absolute Gasteiger partial charge is 0.308 e. The second kappa shape index (κ2) is 3.84. The predicted molar refractivity (Wildman–Crippen MR) is 45.3 cm³/mol. The molecule has 0 aliphatic heterocycles. The molecule has 1 rings (SSSR count). The van der Waals surface area contributed by atoms with Gasteiger partial charge in [-0.05, 0) is 0 Å². The average Bonchev–Trinajstić information content (AvgIpc) is 2.08. The Hall–Kier alpha value is -1.65. The van der Waals surface area contributed by atoms with Crippen LogP contribution in [0.3, 0.4) is 0 Å². The number of hydrogen-bond donors (Lipinski definition) is 1. The molecule has 1 N–H and O–H groups in total. The zero-order valence-electron chi connectivity index (χ0n) is 7.17. The number of carboxylic acid groups (broad SMARTS) is 1. The molecule has 70 valence electrons. The van der Waals surface area contributed by atoms with Crippen molar-refractivity contribution in [2.75, 3.05) is 0 Å². The van der Waals surface area contributed by atoms with Gasteiger partial charge in [0.1, 0.15) is 0 Å². The SMILES string of the molecule is CC(Cn1cnccc1=O)C(=O)O. The number of carboxylic acids is 1. The quantitative estimate of drug-likeness (QED) is 0.712. The zero-order valence-corrected chi connectivity index (χ0v) is 7.17. The van der Waals surface area contributed by atoms with Crippen LogP contribution < -0.4 is 5.56 Å². The second-order valence-corrected chi connectivity index (χ2v) is 2.81. The lowest BCUT2D eigenvalue weighted by atomic mass is 10.2. The van der Waals surface area contributed by atoms with Crippen LogP contribution >= 0.6 is 0 Å². The van der Waals surface area contributed by atoms with E-state index in [1.807, 2.05) is 0 Å². The molecule has 0 saturated heterocycles. The molecule has 0 fully saturated rings. The van der Waals surface area contributed by atoms with Gasteiger partial charge in [0, 0.05) is 18.8 Å². The van der Waals surface area contributed by atoms with Crippen molar-refractivity contribution in [1.29, 1.82) is 0 Å². The van der Waals surface area contributed by atoms with Crippen LogP contribution in [-0.2, 0) is 11.3 Å². The molecule has 5 heteroatoms. The third-order valence-corrected chi connectivity index (χ3v) is 1.68. The van der Waals surface area contributed by atoms with Gasteiger partial charge in [-0.15, -0.1) is 0 Å². The molecule has 1 atom stereocenters. The highest BCUT2D eigenvalue weighted by Crippen LogP contribution is 1.96. The summed E-state index contributed by atoms with van der Waals surface area (Å²) in [5.74, 6) is -1.50. The molecule has 1 unspecified atom stereocenters. The summed E-state index contributed by atoms with van der Waals surface area (Å²) in [4.78, 5) is 25.3. The summed E-state index contributed by atoms with van der Waals surface area (Å²) in [6, 6.07) is 1.30. The van der Waals surface area contributed by atoms with E-state index >= 15 is 0 Å². The molecule has 0 aliphatic carbocycles. The highest BCUT2D eigenvalue weighted by molar-refractivity contribution is 5.69. The summed E-state index contributed by atoms with van der Waals surface area (Å²) in [6.07, 6.45) is 2.71. The van der Waals surface area contributed by atoms with Gasteiger partial charge in [0.05, 0.1) is 12.2 Å². The van der Waals surface area contributed by atoms with Gasteiger partial charge in [-0.1, -0.05) is 6.92 Å². The van der Waals surface area contributed by atoms with Crippen molar-refractivity contribution >= 4 is 5.97 Å². The van der Waals surface area contributed by atoms with Crippen molar-refractivity contribution in [3.05, 3.63) is 28.9 Å². The Bertz CT molecular complexity index is 358. The number of aromatic nitrogens is 2. The maximum Gasteiger partial charge on any atom is 0.308 e. The van der Waals surface area contributed by atoms with E-state index in [0.717, 1.165) is 0 Å². The molecule has 13 heavy (non-hydrogen) atoms. The number of hydrogen-bond acceptors (Lipinski definition) is 3. The number of carbonyl (C=O) groups is 1. The van der Waals surface area contributed by atoms with Crippen molar-refractivity contribution in [3.63, 3.8) is 0 Å². The minimum absolute atomic E-state index is 0.155. The Morgan fingerprint density at radius 1 is 1.77 bits per heavy atom. The topological polar surface area (TPSA) is 72.2 Å². The fraction of sp³-hybridized carbons (Fsp3) is 0.375. The van der Waals surface area contributed by atoms with Gasteiger partial charge in [-0.3, -0.25) is 14.2 Å². The molecule has 0 amide bonds. The minimum Gasteiger partial charge on any atom is -0.481 e. The number of rotatable bonds is 3. The Kier molecular flexibility index (Phi) is 2.79. The molecule has 0 aromatic carbocycles. The summed E-state index contributed by atoms with van der Waals surface area (Å²) in [5.41, 5.74) is -0.233. The minimum atomic E-state index is -0.921.